The number of nitrogens with zero attached hydrogens (tertiary/aromatic N) is 1. The summed E-state index contributed by atoms with van der Waals surface area (Å²) in [4.78, 5) is 13.8. The fourth-order valence-electron chi connectivity index (χ4n) is 2.71. The molecule has 1 aliphatic carbocycles. The van der Waals surface area contributed by atoms with E-state index in [9.17, 15) is 9.90 Å². The predicted octanol–water partition coefficient (Wildman–Crippen LogP) is 3.21. The lowest BCUT2D eigenvalue weighted by molar-refractivity contribution is 0.202. The Kier molecular flexibility index (Phi) is 5.79. The molecular formula is C16H24N2O2S. The summed E-state index contributed by atoms with van der Waals surface area (Å²) in [5, 5.41) is 13.5. The molecule has 0 radical (unpaired) electrons. The molecule has 2 unspecified atom stereocenters. The van der Waals surface area contributed by atoms with Crippen LogP contribution in [-0.4, -0.2) is 40.1 Å². The van der Waals surface area contributed by atoms with Crippen LogP contribution in [0.5, 0.6) is 5.75 Å². The summed E-state index contributed by atoms with van der Waals surface area (Å²) in [6, 6.07) is 7.35. The number of urea groups is 1. The third-order valence-corrected chi connectivity index (χ3v) is 5.09. The van der Waals surface area contributed by atoms with Gasteiger partial charge in [-0.15, -0.1) is 0 Å². The molecule has 5 heteroatoms. The number of thioether (sulfide) groups is 1. The van der Waals surface area contributed by atoms with Gasteiger partial charge in [-0.25, -0.2) is 4.79 Å². The SMILES string of the molecule is CCSC1CCC(NC(=O)N(C)Cc2ccccc2O)C1. The average Bonchev–Trinajstić information content (AvgIpc) is 2.89. The molecule has 0 bridgehead atoms. The topological polar surface area (TPSA) is 52.6 Å². The quantitative estimate of drug-likeness (QED) is 0.878. The molecule has 0 saturated heterocycles. The molecule has 1 fully saturated rings. The Morgan fingerprint density at radius 2 is 2.19 bits per heavy atom. The van der Waals surface area contributed by atoms with E-state index in [0.717, 1.165) is 24.2 Å². The molecule has 116 valence electrons. The van der Waals surface area contributed by atoms with E-state index in [0.29, 0.717) is 11.8 Å². The van der Waals surface area contributed by atoms with Crippen molar-refractivity contribution in [2.45, 2.75) is 44.0 Å². The minimum atomic E-state index is -0.0644. The second kappa shape index (κ2) is 7.59. The maximum atomic E-state index is 12.2. The maximum absolute atomic E-state index is 12.2. The first-order valence-corrected chi connectivity index (χ1v) is 8.55. The highest BCUT2D eigenvalue weighted by molar-refractivity contribution is 7.99. The average molecular weight is 308 g/mol. The van der Waals surface area contributed by atoms with Gasteiger partial charge in [-0.05, 0) is 31.1 Å². The number of aromatic hydroxyl groups is 1. The number of carbonyl (C=O) groups excluding carboxylic acids is 1. The minimum Gasteiger partial charge on any atom is -0.508 e. The largest absolute Gasteiger partial charge is 0.508 e. The van der Waals surface area contributed by atoms with Gasteiger partial charge in [-0.1, -0.05) is 25.1 Å². The number of hydrogen-bond donors (Lipinski definition) is 2. The summed E-state index contributed by atoms with van der Waals surface area (Å²) in [6.45, 7) is 2.59. The van der Waals surface area contributed by atoms with Gasteiger partial charge >= 0.3 is 6.03 Å². The number of para-hydroxylation sites is 1. The van der Waals surface area contributed by atoms with E-state index in [1.165, 1.54) is 6.42 Å². The highest BCUT2D eigenvalue weighted by Crippen LogP contribution is 2.29. The third kappa shape index (κ3) is 4.56. The van der Waals surface area contributed by atoms with E-state index in [-0.39, 0.29) is 17.8 Å². The molecule has 1 aliphatic rings. The van der Waals surface area contributed by atoms with Crippen molar-refractivity contribution in [2.24, 2.45) is 0 Å². The van der Waals surface area contributed by atoms with Crippen LogP contribution in [0.2, 0.25) is 0 Å². The second-order valence-electron chi connectivity index (χ2n) is 5.52. The van der Waals surface area contributed by atoms with Crippen molar-refractivity contribution < 1.29 is 9.90 Å². The zero-order valence-electron chi connectivity index (χ0n) is 12.7. The highest BCUT2D eigenvalue weighted by atomic mass is 32.2. The normalized spacial score (nSPS) is 21.2. The van der Waals surface area contributed by atoms with Crippen molar-refractivity contribution in [2.75, 3.05) is 12.8 Å². The Morgan fingerprint density at radius 3 is 2.90 bits per heavy atom. The molecule has 4 nitrogen and oxygen atoms in total. The fourth-order valence-corrected chi connectivity index (χ4v) is 3.86. The van der Waals surface area contributed by atoms with Crippen LogP contribution >= 0.6 is 11.8 Å². The number of carbonyl (C=O) groups is 1. The number of amides is 2. The molecule has 1 aromatic rings. The van der Waals surface area contributed by atoms with E-state index in [4.69, 9.17) is 0 Å². The summed E-state index contributed by atoms with van der Waals surface area (Å²) in [5.74, 6) is 1.37. The molecule has 1 aromatic carbocycles. The summed E-state index contributed by atoms with van der Waals surface area (Å²) >= 11 is 1.98. The van der Waals surface area contributed by atoms with Crippen LogP contribution in [0.3, 0.4) is 0 Å². The molecular weight excluding hydrogens is 284 g/mol. The Labute approximate surface area is 130 Å². The van der Waals surface area contributed by atoms with E-state index >= 15 is 0 Å². The molecule has 0 aliphatic heterocycles. The lowest BCUT2D eigenvalue weighted by atomic mass is 10.2. The molecule has 0 spiro atoms. The number of phenols is 1. The van der Waals surface area contributed by atoms with Crippen LogP contribution in [-0.2, 0) is 6.54 Å². The van der Waals surface area contributed by atoms with Gasteiger partial charge in [-0.3, -0.25) is 0 Å². The predicted molar refractivity (Wildman–Crippen MR) is 87.7 cm³/mol. The lowest BCUT2D eigenvalue weighted by Gasteiger charge is -2.21. The van der Waals surface area contributed by atoms with Crippen LogP contribution < -0.4 is 5.32 Å². The monoisotopic (exact) mass is 308 g/mol. The van der Waals surface area contributed by atoms with Crippen LogP contribution in [0.15, 0.2) is 24.3 Å². The summed E-state index contributed by atoms with van der Waals surface area (Å²) in [6.07, 6.45) is 3.31. The van der Waals surface area contributed by atoms with Crippen molar-refractivity contribution in [3.8, 4) is 5.75 Å². The number of nitrogens with one attached hydrogen (secondary N) is 1. The van der Waals surface area contributed by atoms with Gasteiger partial charge in [0.2, 0.25) is 0 Å². The zero-order chi connectivity index (χ0) is 15.2. The smallest absolute Gasteiger partial charge is 0.317 e. The Balaban J connectivity index is 1.82. The van der Waals surface area contributed by atoms with Crippen LogP contribution in [0.4, 0.5) is 4.79 Å². The molecule has 2 N–H and O–H groups in total. The van der Waals surface area contributed by atoms with Crippen molar-refractivity contribution in [1.82, 2.24) is 10.2 Å². The molecule has 21 heavy (non-hydrogen) atoms. The van der Waals surface area contributed by atoms with E-state index in [2.05, 4.69) is 12.2 Å². The minimum absolute atomic E-state index is 0.0644. The second-order valence-corrected chi connectivity index (χ2v) is 7.10. The van der Waals surface area contributed by atoms with E-state index < -0.39 is 0 Å². The van der Waals surface area contributed by atoms with Crippen molar-refractivity contribution in [3.63, 3.8) is 0 Å². The van der Waals surface area contributed by atoms with Crippen LogP contribution in [0, 0.1) is 0 Å². The van der Waals surface area contributed by atoms with Gasteiger partial charge in [0, 0.05) is 23.9 Å². The number of rotatable bonds is 5. The van der Waals surface area contributed by atoms with Crippen molar-refractivity contribution in [1.29, 1.82) is 0 Å². The Hall–Kier alpha value is -1.36. The van der Waals surface area contributed by atoms with Gasteiger partial charge in [0.25, 0.3) is 0 Å². The number of hydrogen-bond acceptors (Lipinski definition) is 3. The Bertz CT molecular complexity index is 481. The van der Waals surface area contributed by atoms with Crippen LogP contribution in [0.25, 0.3) is 0 Å². The molecule has 1 saturated carbocycles. The zero-order valence-corrected chi connectivity index (χ0v) is 13.5. The van der Waals surface area contributed by atoms with Crippen molar-refractivity contribution >= 4 is 17.8 Å². The Morgan fingerprint density at radius 1 is 1.43 bits per heavy atom. The van der Waals surface area contributed by atoms with Crippen LogP contribution in [0.1, 0.15) is 31.7 Å². The molecule has 0 aromatic heterocycles. The van der Waals surface area contributed by atoms with Gasteiger partial charge in [-0.2, -0.15) is 11.8 Å². The molecule has 0 heterocycles. The maximum Gasteiger partial charge on any atom is 0.317 e. The van der Waals surface area contributed by atoms with Gasteiger partial charge in [0.1, 0.15) is 5.75 Å². The van der Waals surface area contributed by atoms with Gasteiger partial charge < -0.3 is 15.3 Å². The number of phenolic OH excluding ortho intramolecular Hbond substituents is 1. The number of benzene rings is 1. The molecule has 2 rings (SSSR count). The highest BCUT2D eigenvalue weighted by Gasteiger charge is 2.26. The molecule has 2 atom stereocenters. The third-order valence-electron chi connectivity index (χ3n) is 3.86. The first kappa shape index (κ1) is 16.0. The standard InChI is InChI=1S/C16H24N2O2S/c1-3-21-14-9-8-13(10-14)17-16(20)18(2)11-12-6-4-5-7-15(12)19/h4-7,13-14,19H,3,8-11H2,1-2H3,(H,17,20). The summed E-state index contributed by atoms with van der Waals surface area (Å²) in [7, 11) is 1.76. The summed E-state index contributed by atoms with van der Waals surface area (Å²) < 4.78 is 0. The van der Waals surface area contributed by atoms with Crippen molar-refractivity contribution in [3.05, 3.63) is 29.8 Å². The van der Waals surface area contributed by atoms with E-state index in [1.54, 1.807) is 24.1 Å². The van der Waals surface area contributed by atoms with Gasteiger partial charge in [0.05, 0.1) is 6.54 Å². The fraction of sp³-hybridized carbons (Fsp3) is 0.562. The van der Waals surface area contributed by atoms with E-state index in [1.807, 2.05) is 23.9 Å². The summed E-state index contributed by atoms with van der Waals surface area (Å²) in [5.41, 5.74) is 0.765. The molecule has 2 amide bonds. The lowest BCUT2D eigenvalue weighted by Crippen LogP contribution is -2.41. The first-order valence-electron chi connectivity index (χ1n) is 7.50. The first-order chi connectivity index (χ1) is 10.1. The van der Waals surface area contributed by atoms with Gasteiger partial charge in [0.15, 0.2) is 0 Å².